The third kappa shape index (κ3) is 65.9. The molecule has 0 radical (unpaired) electrons. The highest BCUT2D eigenvalue weighted by Crippen LogP contribution is 2.18. The normalized spacial score (nSPS) is 12.4. The molecule has 0 aromatic carbocycles. The molecule has 0 fully saturated rings. The Bertz CT molecular complexity index is 1430. The van der Waals surface area contributed by atoms with Gasteiger partial charge in [-0.1, -0.05) is 332 Å². The van der Waals surface area contributed by atoms with E-state index in [-0.39, 0.29) is 31.1 Å². The second-order valence-electron chi connectivity index (χ2n) is 23.8. The van der Waals surface area contributed by atoms with Crippen LogP contribution in [0.1, 0.15) is 374 Å². The maximum Gasteiger partial charge on any atom is 0.306 e. The first-order chi connectivity index (χ1) is 39.5. The van der Waals surface area contributed by atoms with Crippen molar-refractivity contribution in [3.05, 3.63) is 60.8 Å². The molecule has 6 heteroatoms. The molecule has 0 saturated heterocycles. The van der Waals surface area contributed by atoms with Gasteiger partial charge in [0.15, 0.2) is 6.10 Å². The molecule has 0 heterocycles. The third-order valence-corrected chi connectivity index (χ3v) is 15.8. The van der Waals surface area contributed by atoms with Crippen molar-refractivity contribution in [1.82, 2.24) is 0 Å². The van der Waals surface area contributed by atoms with Crippen LogP contribution in [-0.4, -0.2) is 37.2 Å². The maximum absolute atomic E-state index is 12.9. The molecule has 1 unspecified atom stereocenters. The molecule has 0 bridgehead atoms. The Morgan fingerprint density at radius 3 is 0.775 bits per heavy atom. The zero-order valence-electron chi connectivity index (χ0n) is 53.6. The molecule has 6 nitrogen and oxygen atoms in total. The smallest absolute Gasteiger partial charge is 0.306 e. The monoisotopic (exact) mass is 1120 g/mol. The van der Waals surface area contributed by atoms with Crippen LogP contribution < -0.4 is 0 Å². The lowest BCUT2D eigenvalue weighted by atomic mass is 10.0. The third-order valence-electron chi connectivity index (χ3n) is 15.8. The Morgan fingerprint density at radius 1 is 0.263 bits per heavy atom. The van der Waals surface area contributed by atoms with Crippen LogP contribution >= 0.6 is 0 Å². The van der Waals surface area contributed by atoms with Crippen molar-refractivity contribution in [3.8, 4) is 0 Å². The number of carbonyl (C=O) groups excluding carboxylic acids is 3. The first kappa shape index (κ1) is 77.1. The van der Waals surface area contributed by atoms with E-state index in [1.807, 2.05) is 0 Å². The minimum atomic E-state index is -0.789. The Kier molecular flexibility index (Phi) is 66.1. The van der Waals surface area contributed by atoms with Gasteiger partial charge in [-0.05, 0) is 83.5 Å². The summed E-state index contributed by atoms with van der Waals surface area (Å²) < 4.78 is 17.0. The highest BCUT2D eigenvalue weighted by atomic mass is 16.6. The molecule has 0 amide bonds. The van der Waals surface area contributed by atoms with Crippen molar-refractivity contribution in [2.24, 2.45) is 0 Å². The van der Waals surface area contributed by atoms with Crippen molar-refractivity contribution in [2.45, 2.75) is 380 Å². The van der Waals surface area contributed by atoms with Crippen LogP contribution in [-0.2, 0) is 28.6 Å². The molecule has 0 aromatic rings. The van der Waals surface area contributed by atoms with Gasteiger partial charge >= 0.3 is 17.9 Å². The first-order valence-electron chi connectivity index (χ1n) is 35.3. The summed E-state index contributed by atoms with van der Waals surface area (Å²) in [5.74, 6) is -0.888. The number of unbranched alkanes of at least 4 members (excludes halogenated alkanes) is 44. The number of ether oxygens (including phenoxy) is 3. The van der Waals surface area contributed by atoms with Gasteiger partial charge in [0, 0.05) is 19.3 Å². The lowest BCUT2D eigenvalue weighted by Gasteiger charge is -2.18. The number of rotatable bonds is 65. The van der Waals surface area contributed by atoms with Gasteiger partial charge in [-0.2, -0.15) is 0 Å². The van der Waals surface area contributed by atoms with Gasteiger partial charge in [0.2, 0.25) is 0 Å². The first-order valence-corrected chi connectivity index (χ1v) is 35.3. The fourth-order valence-corrected chi connectivity index (χ4v) is 10.5. The van der Waals surface area contributed by atoms with Crippen molar-refractivity contribution in [2.75, 3.05) is 13.2 Å². The SMILES string of the molecule is CC/C=C\C/C=C\C/C=C\C/C=C\CCCCCCC(=O)OC(COC(=O)CCCCCCCCC/C=C\CCCCCCCC)COC(=O)CCCCCCCCCCCCCCCCCCCCCCCCCCCCCC. The largest absolute Gasteiger partial charge is 0.462 e. The average Bonchev–Trinajstić information content (AvgIpc) is 3.46. The van der Waals surface area contributed by atoms with E-state index < -0.39 is 6.10 Å². The van der Waals surface area contributed by atoms with E-state index in [2.05, 4.69) is 81.5 Å². The molecule has 0 N–H and O–H groups in total. The number of esters is 3. The van der Waals surface area contributed by atoms with E-state index in [4.69, 9.17) is 14.2 Å². The van der Waals surface area contributed by atoms with Crippen LogP contribution in [0.5, 0.6) is 0 Å². The summed E-state index contributed by atoms with van der Waals surface area (Å²) in [6, 6.07) is 0. The van der Waals surface area contributed by atoms with Crippen LogP contribution in [0, 0.1) is 0 Å². The molecule has 0 aromatic heterocycles. The van der Waals surface area contributed by atoms with Crippen LogP contribution in [0.4, 0.5) is 0 Å². The summed E-state index contributed by atoms with van der Waals surface area (Å²) >= 11 is 0. The summed E-state index contributed by atoms with van der Waals surface area (Å²) in [6.07, 6.45) is 88.3. The van der Waals surface area contributed by atoms with E-state index in [9.17, 15) is 14.4 Å². The molecule has 0 aliphatic carbocycles. The van der Waals surface area contributed by atoms with Crippen molar-refractivity contribution in [1.29, 1.82) is 0 Å². The Labute approximate surface area is 498 Å². The van der Waals surface area contributed by atoms with Crippen molar-refractivity contribution >= 4 is 17.9 Å². The van der Waals surface area contributed by atoms with E-state index in [0.717, 1.165) is 96.3 Å². The molecule has 0 aliphatic rings. The van der Waals surface area contributed by atoms with Gasteiger partial charge in [0.05, 0.1) is 0 Å². The summed E-state index contributed by atoms with van der Waals surface area (Å²) in [6.45, 7) is 6.56. The Morgan fingerprint density at radius 2 is 0.487 bits per heavy atom. The quantitative estimate of drug-likeness (QED) is 0.0261. The second-order valence-corrected chi connectivity index (χ2v) is 23.8. The maximum atomic E-state index is 12.9. The lowest BCUT2D eigenvalue weighted by molar-refractivity contribution is -0.167. The molecular formula is C74H134O6. The van der Waals surface area contributed by atoms with Crippen molar-refractivity contribution in [3.63, 3.8) is 0 Å². The second kappa shape index (κ2) is 68.6. The zero-order chi connectivity index (χ0) is 57.8. The minimum absolute atomic E-state index is 0.0822. The van der Waals surface area contributed by atoms with Crippen LogP contribution in [0.25, 0.3) is 0 Å². The van der Waals surface area contributed by atoms with E-state index in [0.29, 0.717) is 19.3 Å². The average molecular weight is 1120 g/mol. The predicted octanol–water partition coefficient (Wildman–Crippen LogP) is 24.3. The zero-order valence-corrected chi connectivity index (χ0v) is 53.6. The van der Waals surface area contributed by atoms with E-state index >= 15 is 0 Å². The predicted molar refractivity (Wildman–Crippen MR) is 348 cm³/mol. The Hall–Kier alpha value is -2.89. The lowest BCUT2D eigenvalue weighted by Crippen LogP contribution is -2.30. The molecule has 0 aliphatic heterocycles. The van der Waals surface area contributed by atoms with Gasteiger partial charge in [0.1, 0.15) is 13.2 Å². The van der Waals surface area contributed by atoms with E-state index in [1.54, 1.807) is 0 Å². The highest BCUT2D eigenvalue weighted by molar-refractivity contribution is 5.71. The van der Waals surface area contributed by atoms with Crippen molar-refractivity contribution < 1.29 is 28.6 Å². The van der Waals surface area contributed by atoms with Crippen LogP contribution in [0.2, 0.25) is 0 Å². The number of hydrogen-bond acceptors (Lipinski definition) is 6. The summed E-state index contributed by atoms with van der Waals surface area (Å²) in [7, 11) is 0. The Balaban J connectivity index is 4.26. The van der Waals surface area contributed by atoms with E-state index in [1.165, 1.54) is 238 Å². The molecule has 466 valence electrons. The number of hydrogen-bond donors (Lipinski definition) is 0. The summed E-state index contributed by atoms with van der Waals surface area (Å²) in [5.41, 5.74) is 0. The van der Waals surface area contributed by atoms with Gasteiger partial charge in [-0.25, -0.2) is 0 Å². The summed E-state index contributed by atoms with van der Waals surface area (Å²) in [5, 5.41) is 0. The minimum Gasteiger partial charge on any atom is -0.462 e. The van der Waals surface area contributed by atoms with Gasteiger partial charge < -0.3 is 14.2 Å². The number of allylic oxidation sites excluding steroid dienone is 10. The topological polar surface area (TPSA) is 78.9 Å². The molecule has 0 saturated carbocycles. The highest BCUT2D eigenvalue weighted by Gasteiger charge is 2.19. The van der Waals surface area contributed by atoms with Crippen LogP contribution in [0.15, 0.2) is 60.8 Å². The van der Waals surface area contributed by atoms with Gasteiger partial charge in [-0.15, -0.1) is 0 Å². The molecule has 0 rings (SSSR count). The van der Waals surface area contributed by atoms with Crippen LogP contribution in [0.3, 0.4) is 0 Å². The summed E-state index contributed by atoms with van der Waals surface area (Å²) in [4.78, 5) is 38.4. The standard InChI is InChI=1S/C74H134O6/c1-4-7-10-13-16-19-22-25-28-31-32-33-34-35-36-37-38-39-40-41-44-46-49-52-55-58-61-64-67-73(76)79-70-71(80-74(77)68-65-62-59-56-53-50-47-43-30-27-24-21-18-15-12-9-6-3)69-78-72(75)66-63-60-57-54-51-48-45-42-29-26-23-20-17-14-11-8-5-2/h9,12,18,21,26-27,29-30,47,50,71H,4-8,10-11,13-17,19-20,22-25,28,31-46,48-49,51-70H2,1-3H3/b12-9-,21-18-,29-26-,30-27-,50-47-. The molecule has 0 spiro atoms. The van der Waals surface area contributed by atoms with Gasteiger partial charge in [-0.3, -0.25) is 14.4 Å². The molecule has 1 atom stereocenters. The molecule has 80 heavy (non-hydrogen) atoms. The fourth-order valence-electron chi connectivity index (χ4n) is 10.5. The fraction of sp³-hybridized carbons (Fsp3) is 0.824. The molecular weight excluding hydrogens is 985 g/mol. The number of carbonyl (C=O) groups is 3. The van der Waals surface area contributed by atoms with Gasteiger partial charge in [0.25, 0.3) is 0 Å².